The number of nitrogens with zero attached hydrogens (tertiary/aromatic N) is 4. The highest BCUT2D eigenvalue weighted by Gasteiger charge is 2.29. The van der Waals surface area contributed by atoms with Crippen LogP contribution in [0.25, 0.3) is 28.2 Å². The third-order valence-electron chi connectivity index (χ3n) is 7.51. The fourth-order valence-electron chi connectivity index (χ4n) is 5.56. The first kappa shape index (κ1) is 26.6. The first-order valence-electron chi connectivity index (χ1n) is 13.7. The number of hydrogen-bond donors (Lipinski definition) is 3. The summed E-state index contributed by atoms with van der Waals surface area (Å²) in [4.78, 5) is 33.7. The summed E-state index contributed by atoms with van der Waals surface area (Å²) < 4.78 is 21.2. The number of nitrogens with two attached hydrogens (primary N) is 1. The number of carbonyl (C=O) groups is 2. The number of anilines is 2. The molecule has 6 rings (SSSR count). The Hall–Kier alpha value is -4.64. The van der Waals surface area contributed by atoms with E-state index in [0.717, 1.165) is 53.8 Å². The van der Waals surface area contributed by atoms with Crippen LogP contribution in [0.15, 0.2) is 54.9 Å². The van der Waals surface area contributed by atoms with Gasteiger partial charge in [0.25, 0.3) is 5.91 Å². The predicted octanol–water partition coefficient (Wildman–Crippen LogP) is 4.50. The van der Waals surface area contributed by atoms with Gasteiger partial charge in [0.05, 0.1) is 30.2 Å². The van der Waals surface area contributed by atoms with E-state index in [2.05, 4.69) is 20.6 Å². The largest absolute Gasteiger partial charge is 0.383 e. The lowest BCUT2D eigenvalue weighted by molar-refractivity contribution is -0.123. The van der Waals surface area contributed by atoms with Gasteiger partial charge in [-0.1, -0.05) is 24.3 Å². The van der Waals surface area contributed by atoms with Gasteiger partial charge in [0, 0.05) is 47.6 Å². The van der Waals surface area contributed by atoms with Gasteiger partial charge < -0.3 is 21.1 Å². The van der Waals surface area contributed by atoms with Crippen molar-refractivity contribution in [1.82, 2.24) is 25.1 Å². The van der Waals surface area contributed by atoms with Gasteiger partial charge in [-0.2, -0.15) is 5.10 Å². The zero-order valence-electron chi connectivity index (χ0n) is 22.3. The summed E-state index contributed by atoms with van der Waals surface area (Å²) in [5.41, 5.74) is 10.0. The van der Waals surface area contributed by atoms with Crippen molar-refractivity contribution < 1.29 is 18.7 Å². The number of hydrogen-bond acceptors (Lipinski definition) is 7. The van der Waals surface area contributed by atoms with E-state index in [1.165, 1.54) is 12.3 Å². The van der Waals surface area contributed by atoms with Crippen molar-refractivity contribution in [1.29, 1.82) is 0 Å². The minimum absolute atomic E-state index is 0.00542. The molecule has 1 fully saturated rings. The summed E-state index contributed by atoms with van der Waals surface area (Å²) >= 11 is 0. The zero-order chi connectivity index (χ0) is 28.3. The van der Waals surface area contributed by atoms with Crippen LogP contribution in [0.5, 0.6) is 0 Å². The van der Waals surface area contributed by atoms with Gasteiger partial charge in [0.15, 0.2) is 0 Å². The number of nitrogens with one attached hydrogen (secondary N) is 2. The average molecular weight is 556 g/mol. The highest BCUT2D eigenvalue weighted by molar-refractivity contribution is 6.06. The van der Waals surface area contributed by atoms with Gasteiger partial charge in [-0.25, -0.2) is 14.4 Å². The van der Waals surface area contributed by atoms with Crippen LogP contribution in [0.2, 0.25) is 0 Å². The molecule has 0 spiro atoms. The smallest absolute Gasteiger partial charge is 0.256 e. The quantitative estimate of drug-likeness (QED) is 0.339. The van der Waals surface area contributed by atoms with Crippen molar-refractivity contribution in [3.05, 3.63) is 71.8 Å². The van der Waals surface area contributed by atoms with E-state index >= 15 is 0 Å². The Balaban J connectivity index is 1.39. The molecule has 1 aromatic carbocycles. The normalized spacial score (nSPS) is 19.4. The molecule has 0 saturated heterocycles. The fraction of sp³-hybridized carbons (Fsp3) is 0.300. The molecule has 10 nitrogen and oxygen atoms in total. The summed E-state index contributed by atoms with van der Waals surface area (Å²) in [6.07, 6.45) is 10.8. The number of amides is 2. The molecule has 0 unspecified atom stereocenters. The van der Waals surface area contributed by atoms with Crippen molar-refractivity contribution in [2.75, 3.05) is 24.3 Å². The molecule has 41 heavy (non-hydrogen) atoms. The van der Waals surface area contributed by atoms with Gasteiger partial charge in [-0.05, 0) is 43.9 Å². The van der Waals surface area contributed by atoms with Crippen molar-refractivity contribution in [3.8, 4) is 11.3 Å². The van der Waals surface area contributed by atoms with Gasteiger partial charge in [0.2, 0.25) is 5.91 Å². The third-order valence-corrected chi connectivity index (χ3v) is 7.51. The molecule has 1 aliphatic heterocycles. The van der Waals surface area contributed by atoms with Crippen LogP contribution in [0.3, 0.4) is 0 Å². The maximum atomic E-state index is 13.5. The maximum absolute atomic E-state index is 13.5. The topological polar surface area (TPSA) is 137 Å². The molecule has 2 bridgehead atoms. The molecule has 2 aliphatic rings. The summed E-state index contributed by atoms with van der Waals surface area (Å²) in [6.45, 7) is 0.720. The van der Waals surface area contributed by atoms with Crippen molar-refractivity contribution in [2.45, 2.75) is 44.2 Å². The Labute approximate surface area is 235 Å². The number of benzene rings is 1. The molecule has 11 heteroatoms. The van der Waals surface area contributed by atoms with Crippen LogP contribution >= 0.6 is 0 Å². The Morgan fingerprint density at radius 2 is 2.02 bits per heavy atom. The Morgan fingerprint density at radius 3 is 2.85 bits per heavy atom. The minimum Gasteiger partial charge on any atom is -0.383 e. The van der Waals surface area contributed by atoms with Crippen LogP contribution in [0, 0.1) is 5.82 Å². The van der Waals surface area contributed by atoms with Crippen LogP contribution < -0.4 is 16.4 Å². The van der Waals surface area contributed by atoms with Gasteiger partial charge in [0.1, 0.15) is 23.1 Å². The van der Waals surface area contributed by atoms with E-state index in [9.17, 15) is 14.0 Å². The standard InChI is InChI=1S/C30H30FN7O3/c31-21-10-12-33-24(15-21)36-30(40)19-8-6-18(7-9-19)27-26-28-20(17-34-29(26)32)3-2-13-41-14-11-25(39)35-22-4-1-5-23(16-22)38(28)37-27/h2-3,6-10,12,15,17,22-23H,1,4-5,11,13-14,16H2,(H2,32,34)(H,35,39)(H,33,36,40)/t22-,23-/m1/s1. The Morgan fingerprint density at radius 1 is 1.17 bits per heavy atom. The summed E-state index contributed by atoms with van der Waals surface area (Å²) in [5, 5.41) is 11.6. The molecular formula is C30H30FN7O3. The van der Waals surface area contributed by atoms with E-state index in [-0.39, 0.29) is 23.8 Å². The number of ether oxygens (including phenoxy) is 1. The average Bonchev–Trinajstić information content (AvgIpc) is 3.38. The van der Waals surface area contributed by atoms with Crippen molar-refractivity contribution in [2.24, 2.45) is 0 Å². The summed E-state index contributed by atoms with van der Waals surface area (Å²) in [6, 6.07) is 9.46. The lowest BCUT2D eigenvalue weighted by atomic mass is 9.90. The third kappa shape index (κ3) is 5.66. The number of fused-ring (bicyclic) bond motifs is 3. The van der Waals surface area contributed by atoms with Gasteiger partial charge >= 0.3 is 0 Å². The van der Waals surface area contributed by atoms with E-state index in [1.807, 2.05) is 29.0 Å². The van der Waals surface area contributed by atoms with Gasteiger partial charge in [-0.15, -0.1) is 0 Å². The lowest BCUT2D eigenvalue weighted by Gasteiger charge is -2.30. The van der Waals surface area contributed by atoms with E-state index in [0.29, 0.717) is 36.7 Å². The van der Waals surface area contributed by atoms with Crippen molar-refractivity contribution in [3.63, 3.8) is 0 Å². The second-order valence-corrected chi connectivity index (χ2v) is 10.3. The SMILES string of the molecule is Nc1ncc2c3c1c(-c1ccc(C(=O)Nc4cc(F)ccn4)cc1)nn3[C@@H]1CCC[C@H](C1)NC(=O)CCOCC=C2. The molecule has 4 N–H and O–H groups in total. The molecule has 1 saturated carbocycles. The molecular weight excluding hydrogens is 525 g/mol. The number of pyridine rings is 2. The van der Waals surface area contributed by atoms with Crippen LogP contribution in [0.4, 0.5) is 16.0 Å². The maximum Gasteiger partial charge on any atom is 0.256 e. The highest BCUT2D eigenvalue weighted by Crippen LogP contribution is 2.38. The van der Waals surface area contributed by atoms with E-state index in [1.54, 1.807) is 18.3 Å². The lowest BCUT2D eigenvalue weighted by Crippen LogP contribution is -2.39. The van der Waals surface area contributed by atoms with Crippen LogP contribution in [-0.4, -0.2) is 50.8 Å². The number of nitrogen functional groups attached to an aromatic ring is 1. The molecule has 4 heterocycles. The number of rotatable bonds is 3. The Bertz CT molecular complexity index is 1630. The second kappa shape index (κ2) is 11.5. The molecule has 0 radical (unpaired) electrons. The zero-order valence-corrected chi connectivity index (χ0v) is 22.3. The van der Waals surface area contributed by atoms with E-state index < -0.39 is 11.7 Å². The highest BCUT2D eigenvalue weighted by atomic mass is 19.1. The number of carbonyl (C=O) groups excluding carboxylic acids is 2. The molecule has 2 atom stereocenters. The molecule has 210 valence electrons. The predicted molar refractivity (Wildman–Crippen MR) is 153 cm³/mol. The molecule has 3 aromatic heterocycles. The first-order chi connectivity index (χ1) is 20.0. The molecule has 1 aliphatic carbocycles. The number of halogens is 1. The van der Waals surface area contributed by atoms with E-state index in [4.69, 9.17) is 15.6 Å². The fourth-order valence-corrected chi connectivity index (χ4v) is 5.56. The monoisotopic (exact) mass is 555 g/mol. The molecule has 2 amide bonds. The van der Waals surface area contributed by atoms with Gasteiger partial charge in [-0.3, -0.25) is 14.3 Å². The first-order valence-corrected chi connectivity index (χ1v) is 13.7. The minimum atomic E-state index is -0.486. The second-order valence-electron chi connectivity index (χ2n) is 10.3. The Kier molecular flexibility index (Phi) is 7.43. The molecule has 4 aromatic rings. The van der Waals surface area contributed by atoms with Crippen LogP contribution in [-0.2, 0) is 9.53 Å². The van der Waals surface area contributed by atoms with Crippen LogP contribution in [0.1, 0.15) is 54.1 Å². The summed E-state index contributed by atoms with van der Waals surface area (Å²) in [7, 11) is 0. The van der Waals surface area contributed by atoms with Crippen molar-refractivity contribution >= 4 is 40.4 Å². The number of aromatic nitrogens is 4. The summed E-state index contributed by atoms with van der Waals surface area (Å²) in [5.74, 6) is -0.412.